The second-order valence-electron chi connectivity index (χ2n) is 9.31. The Morgan fingerprint density at radius 2 is 1.53 bits per heavy atom. The highest BCUT2D eigenvalue weighted by Crippen LogP contribution is 2.32. The first kappa shape index (κ1) is 22.9. The first-order chi connectivity index (χ1) is 14.6. The molecule has 1 fully saturated rings. The third-order valence-corrected chi connectivity index (χ3v) is 6.59. The molecular formula is C28H40O2. The van der Waals surface area contributed by atoms with Gasteiger partial charge in [-0.2, -0.15) is 0 Å². The predicted octanol–water partition coefficient (Wildman–Crippen LogP) is 7.87. The largest absolute Gasteiger partial charge is 0.465 e. The van der Waals surface area contributed by atoms with Crippen LogP contribution in [0.2, 0.25) is 0 Å². The minimum atomic E-state index is -0.221. The lowest BCUT2D eigenvalue weighted by atomic mass is 9.84. The fraction of sp³-hybridized carbons (Fsp3) is 0.571. The summed E-state index contributed by atoms with van der Waals surface area (Å²) in [4.78, 5) is 0. The van der Waals surface area contributed by atoms with Gasteiger partial charge in [0.25, 0.3) is 0 Å². The number of hydrogen-bond acceptors (Lipinski definition) is 2. The Kier molecular flexibility index (Phi) is 8.81. The van der Waals surface area contributed by atoms with Gasteiger partial charge in [0.05, 0.1) is 6.61 Å². The van der Waals surface area contributed by atoms with E-state index in [0.717, 1.165) is 24.5 Å². The number of hydrogen-bond donors (Lipinski definition) is 0. The van der Waals surface area contributed by atoms with Crippen LogP contribution in [0.1, 0.15) is 94.7 Å². The van der Waals surface area contributed by atoms with Crippen molar-refractivity contribution < 1.29 is 9.47 Å². The molecule has 2 aromatic carbocycles. The molecule has 3 rings (SSSR count). The van der Waals surface area contributed by atoms with Gasteiger partial charge in [0.2, 0.25) is 6.29 Å². The van der Waals surface area contributed by atoms with Gasteiger partial charge in [-0.05, 0) is 66.3 Å². The lowest BCUT2D eigenvalue weighted by Gasteiger charge is -2.23. The van der Waals surface area contributed by atoms with Crippen LogP contribution in [-0.4, -0.2) is 12.9 Å². The maximum absolute atomic E-state index is 6.16. The standard InChI is InChI=1S/C28H40O2/c1-5-22(4)24-15-17-27(18-16-24)30-28(21(2)3)29-20-19-23-11-13-26(14-12-23)25-9-7-6-8-10-25/h11-18,21-22,25,28H,5-10,19-20H2,1-4H3. The van der Waals surface area contributed by atoms with E-state index in [1.807, 2.05) is 0 Å². The molecule has 0 amide bonds. The fourth-order valence-corrected chi connectivity index (χ4v) is 4.29. The molecule has 0 spiro atoms. The molecule has 0 aliphatic heterocycles. The van der Waals surface area contributed by atoms with Gasteiger partial charge in [-0.3, -0.25) is 0 Å². The minimum Gasteiger partial charge on any atom is -0.465 e. The van der Waals surface area contributed by atoms with Crippen LogP contribution in [0.3, 0.4) is 0 Å². The summed E-state index contributed by atoms with van der Waals surface area (Å²) in [6, 6.07) is 17.7. The van der Waals surface area contributed by atoms with Crippen LogP contribution in [0.15, 0.2) is 48.5 Å². The molecule has 2 aromatic rings. The lowest BCUT2D eigenvalue weighted by molar-refractivity contribution is -0.106. The maximum atomic E-state index is 6.16. The fourth-order valence-electron chi connectivity index (χ4n) is 4.29. The first-order valence-electron chi connectivity index (χ1n) is 12.0. The summed E-state index contributed by atoms with van der Waals surface area (Å²) in [5.74, 6) is 2.54. The topological polar surface area (TPSA) is 18.5 Å². The van der Waals surface area contributed by atoms with Crippen LogP contribution < -0.4 is 4.74 Å². The van der Waals surface area contributed by atoms with E-state index in [4.69, 9.17) is 9.47 Å². The van der Waals surface area contributed by atoms with Gasteiger partial charge in [-0.15, -0.1) is 0 Å². The van der Waals surface area contributed by atoms with Crippen LogP contribution >= 0.6 is 0 Å². The molecule has 2 atom stereocenters. The molecule has 30 heavy (non-hydrogen) atoms. The number of rotatable bonds is 10. The molecule has 1 aliphatic carbocycles. The highest BCUT2D eigenvalue weighted by Gasteiger charge is 2.17. The average Bonchev–Trinajstić information content (AvgIpc) is 2.79. The van der Waals surface area contributed by atoms with Crippen molar-refractivity contribution in [1.82, 2.24) is 0 Å². The molecule has 0 saturated heterocycles. The van der Waals surface area contributed by atoms with E-state index in [9.17, 15) is 0 Å². The smallest absolute Gasteiger partial charge is 0.202 e. The average molecular weight is 409 g/mol. The van der Waals surface area contributed by atoms with E-state index in [0.29, 0.717) is 18.4 Å². The van der Waals surface area contributed by atoms with Gasteiger partial charge in [0, 0.05) is 5.92 Å². The van der Waals surface area contributed by atoms with E-state index < -0.39 is 0 Å². The van der Waals surface area contributed by atoms with Gasteiger partial charge < -0.3 is 9.47 Å². The van der Waals surface area contributed by atoms with E-state index in [1.54, 1.807) is 0 Å². The van der Waals surface area contributed by atoms with Gasteiger partial charge in [0.15, 0.2) is 0 Å². The van der Waals surface area contributed by atoms with Crippen molar-refractivity contribution in [3.63, 3.8) is 0 Å². The maximum Gasteiger partial charge on any atom is 0.202 e. The molecule has 0 radical (unpaired) electrons. The molecule has 2 unspecified atom stereocenters. The number of benzene rings is 2. The molecular weight excluding hydrogens is 368 g/mol. The van der Waals surface area contributed by atoms with Crippen molar-refractivity contribution in [2.24, 2.45) is 5.92 Å². The molecule has 0 aromatic heterocycles. The lowest BCUT2D eigenvalue weighted by Crippen LogP contribution is -2.27. The van der Waals surface area contributed by atoms with Gasteiger partial charge in [-0.1, -0.05) is 83.4 Å². The van der Waals surface area contributed by atoms with Crippen molar-refractivity contribution in [2.75, 3.05) is 6.61 Å². The summed E-state index contributed by atoms with van der Waals surface area (Å²) < 4.78 is 12.3. The van der Waals surface area contributed by atoms with E-state index in [2.05, 4.69) is 76.2 Å². The van der Waals surface area contributed by atoms with Crippen molar-refractivity contribution in [3.8, 4) is 5.75 Å². The van der Waals surface area contributed by atoms with Crippen molar-refractivity contribution in [2.45, 2.75) is 90.8 Å². The van der Waals surface area contributed by atoms with Crippen LogP contribution in [0, 0.1) is 5.92 Å². The molecule has 2 heteroatoms. The van der Waals surface area contributed by atoms with Crippen LogP contribution in [0.4, 0.5) is 0 Å². The minimum absolute atomic E-state index is 0.221. The second kappa shape index (κ2) is 11.6. The Morgan fingerprint density at radius 3 is 2.13 bits per heavy atom. The zero-order valence-electron chi connectivity index (χ0n) is 19.4. The third kappa shape index (κ3) is 6.60. The van der Waals surface area contributed by atoms with Crippen LogP contribution in [0.5, 0.6) is 5.75 Å². The van der Waals surface area contributed by atoms with Gasteiger partial charge in [0.1, 0.15) is 5.75 Å². The van der Waals surface area contributed by atoms with Crippen molar-refractivity contribution >= 4 is 0 Å². The third-order valence-electron chi connectivity index (χ3n) is 6.59. The monoisotopic (exact) mass is 408 g/mol. The zero-order chi connectivity index (χ0) is 21.3. The van der Waals surface area contributed by atoms with Crippen LogP contribution in [0.25, 0.3) is 0 Å². The second-order valence-corrected chi connectivity index (χ2v) is 9.31. The molecule has 164 valence electrons. The summed E-state index contributed by atoms with van der Waals surface area (Å²) in [5.41, 5.74) is 4.22. The molecule has 2 nitrogen and oxygen atoms in total. The summed E-state index contributed by atoms with van der Waals surface area (Å²) in [6.07, 6.45) is 8.74. The Hall–Kier alpha value is -1.80. The predicted molar refractivity (Wildman–Crippen MR) is 126 cm³/mol. The molecule has 1 saturated carbocycles. The summed E-state index contributed by atoms with van der Waals surface area (Å²) >= 11 is 0. The molecule has 1 aliphatic rings. The Balaban J connectivity index is 1.48. The molecule has 0 heterocycles. The normalized spacial score (nSPS) is 17.1. The van der Waals surface area contributed by atoms with E-state index in [-0.39, 0.29) is 6.29 Å². The van der Waals surface area contributed by atoms with Gasteiger partial charge in [-0.25, -0.2) is 0 Å². The Bertz CT molecular complexity index is 726. The summed E-state index contributed by atoms with van der Waals surface area (Å²) in [5, 5.41) is 0. The Labute approximate surface area is 184 Å². The van der Waals surface area contributed by atoms with Crippen molar-refractivity contribution in [3.05, 3.63) is 65.2 Å². The quantitative estimate of drug-likeness (QED) is 0.372. The SMILES string of the molecule is CCC(C)c1ccc(OC(OCCc2ccc(C3CCCCC3)cc2)C(C)C)cc1. The molecule has 0 N–H and O–H groups in total. The first-order valence-corrected chi connectivity index (χ1v) is 12.0. The highest BCUT2D eigenvalue weighted by atomic mass is 16.7. The summed E-state index contributed by atoms with van der Waals surface area (Å²) in [6.45, 7) is 9.46. The van der Waals surface area contributed by atoms with Crippen molar-refractivity contribution in [1.29, 1.82) is 0 Å². The Morgan fingerprint density at radius 1 is 0.867 bits per heavy atom. The van der Waals surface area contributed by atoms with E-state index >= 15 is 0 Å². The summed E-state index contributed by atoms with van der Waals surface area (Å²) in [7, 11) is 0. The zero-order valence-corrected chi connectivity index (χ0v) is 19.4. The molecule has 0 bridgehead atoms. The van der Waals surface area contributed by atoms with Gasteiger partial charge >= 0.3 is 0 Å². The van der Waals surface area contributed by atoms with Crippen LogP contribution in [-0.2, 0) is 11.2 Å². The highest BCUT2D eigenvalue weighted by molar-refractivity contribution is 5.29. The van der Waals surface area contributed by atoms with E-state index in [1.165, 1.54) is 48.8 Å². The number of ether oxygens (including phenoxy) is 2.